The Morgan fingerprint density at radius 3 is 2.68 bits per heavy atom. The van der Waals surface area contributed by atoms with E-state index in [1.807, 2.05) is 42.5 Å². The van der Waals surface area contributed by atoms with Gasteiger partial charge in [-0.2, -0.15) is 0 Å². The molecule has 0 bridgehead atoms. The van der Waals surface area contributed by atoms with Gasteiger partial charge in [-0.15, -0.1) is 0 Å². The van der Waals surface area contributed by atoms with Crippen LogP contribution < -0.4 is 5.32 Å². The summed E-state index contributed by atoms with van der Waals surface area (Å²) in [5, 5.41) is 3.00. The Hall–Kier alpha value is -2.16. The van der Waals surface area contributed by atoms with Gasteiger partial charge < -0.3 is 5.32 Å². The molecule has 1 aliphatic carbocycles. The van der Waals surface area contributed by atoms with E-state index in [2.05, 4.69) is 10.3 Å². The zero-order valence-corrected chi connectivity index (χ0v) is 10.7. The van der Waals surface area contributed by atoms with Crippen molar-refractivity contribution in [1.82, 2.24) is 10.3 Å². The highest BCUT2D eigenvalue weighted by atomic mass is 16.1. The summed E-state index contributed by atoms with van der Waals surface area (Å²) in [6.45, 7) is 0.787. The topological polar surface area (TPSA) is 42.0 Å². The predicted octanol–water partition coefficient (Wildman–Crippen LogP) is 2.89. The molecule has 0 spiro atoms. The summed E-state index contributed by atoms with van der Waals surface area (Å²) < 4.78 is 0. The fourth-order valence-electron chi connectivity index (χ4n) is 2.08. The highest BCUT2D eigenvalue weighted by Gasteiger charge is 2.22. The molecule has 1 N–H and O–H groups in total. The molecule has 0 atom stereocenters. The lowest BCUT2D eigenvalue weighted by molar-refractivity contribution is 0.0952. The van der Waals surface area contributed by atoms with Crippen LogP contribution in [-0.2, 0) is 0 Å². The van der Waals surface area contributed by atoms with Gasteiger partial charge in [0.25, 0.3) is 5.91 Å². The summed E-state index contributed by atoms with van der Waals surface area (Å²) in [6, 6.07) is 13.3. The SMILES string of the molecule is O=C(NCC1CC1)c1ccccc1-c1ccccn1. The van der Waals surface area contributed by atoms with Crippen LogP contribution in [-0.4, -0.2) is 17.4 Å². The maximum Gasteiger partial charge on any atom is 0.251 e. The van der Waals surface area contributed by atoms with Crippen molar-refractivity contribution in [3.63, 3.8) is 0 Å². The van der Waals surface area contributed by atoms with Crippen molar-refractivity contribution in [2.45, 2.75) is 12.8 Å². The largest absolute Gasteiger partial charge is 0.352 e. The molecule has 0 unspecified atom stereocenters. The van der Waals surface area contributed by atoms with Gasteiger partial charge in [0.1, 0.15) is 0 Å². The summed E-state index contributed by atoms with van der Waals surface area (Å²) in [5.41, 5.74) is 2.41. The molecule has 3 rings (SSSR count). The number of amides is 1. The molecule has 1 heterocycles. The van der Waals surface area contributed by atoms with Gasteiger partial charge in [0.15, 0.2) is 0 Å². The van der Waals surface area contributed by atoms with Crippen molar-refractivity contribution in [1.29, 1.82) is 0 Å². The van der Waals surface area contributed by atoms with Gasteiger partial charge in [-0.1, -0.05) is 24.3 Å². The van der Waals surface area contributed by atoms with Crippen molar-refractivity contribution >= 4 is 5.91 Å². The average molecular weight is 252 g/mol. The van der Waals surface area contributed by atoms with Gasteiger partial charge in [0.2, 0.25) is 0 Å². The van der Waals surface area contributed by atoms with Crippen LogP contribution in [0.1, 0.15) is 23.2 Å². The molecule has 1 aromatic heterocycles. The molecule has 2 aromatic rings. The maximum atomic E-state index is 12.2. The number of nitrogens with zero attached hydrogens (tertiary/aromatic N) is 1. The van der Waals surface area contributed by atoms with Crippen molar-refractivity contribution in [2.75, 3.05) is 6.54 Å². The number of pyridine rings is 1. The second kappa shape index (κ2) is 5.22. The first kappa shape index (κ1) is 11.9. The number of carbonyl (C=O) groups is 1. The first-order valence-electron chi connectivity index (χ1n) is 6.63. The molecular weight excluding hydrogens is 236 g/mol. The van der Waals surface area contributed by atoms with E-state index >= 15 is 0 Å². The van der Waals surface area contributed by atoms with E-state index in [4.69, 9.17) is 0 Å². The Morgan fingerprint density at radius 2 is 1.95 bits per heavy atom. The Kier molecular flexibility index (Phi) is 3.27. The highest BCUT2D eigenvalue weighted by Crippen LogP contribution is 2.28. The van der Waals surface area contributed by atoms with Crippen LogP contribution in [0.5, 0.6) is 0 Å². The van der Waals surface area contributed by atoms with E-state index in [0.29, 0.717) is 11.5 Å². The summed E-state index contributed by atoms with van der Waals surface area (Å²) in [6.07, 6.45) is 4.22. The summed E-state index contributed by atoms with van der Waals surface area (Å²) in [7, 11) is 0. The van der Waals surface area contributed by atoms with Crippen LogP contribution in [0.3, 0.4) is 0 Å². The molecular formula is C16H16N2O. The Balaban J connectivity index is 1.86. The molecule has 3 nitrogen and oxygen atoms in total. The molecule has 1 amide bonds. The zero-order valence-electron chi connectivity index (χ0n) is 10.7. The molecule has 1 fully saturated rings. The normalized spacial score (nSPS) is 14.1. The van der Waals surface area contributed by atoms with Gasteiger partial charge in [-0.05, 0) is 37.0 Å². The molecule has 1 saturated carbocycles. The molecule has 0 aliphatic heterocycles. The van der Waals surface area contributed by atoms with Crippen molar-refractivity contribution in [3.8, 4) is 11.3 Å². The minimum Gasteiger partial charge on any atom is -0.352 e. The number of hydrogen-bond acceptors (Lipinski definition) is 2. The predicted molar refractivity (Wildman–Crippen MR) is 74.7 cm³/mol. The number of aromatic nitrogens is 1. The number of nitrogens with one attached hydrogen (secondary N) is 1. The van der Waals surface area contributed by atoms with E-state index in [1.165, 1.54) is 12.8 Å². The monoisotopic (exact) mass is 252 g/mol. The lowest BCUT2D eigenvalue weighted by Crippen LogP contribution is -2.26. The molecule has 0 saturated heterocycles. The average Bonchev–Trinajstić information content (AvgIpc) is 3.30. The molecule has 96 valence electrons. The smallest absolute Gasteiger partial charge is 0.251 e. The lowest BCUT2D eigenvalue weighted by atomic mass is 10.0. The summed E-state index contributed by atoms with van der Waals surface area (Å²) >= 11 is 0. The number of rotatable bonds is 4. The second-order valence-electron chi connectivity index (χ2n) is 4.91. The van der Waals surface area contributed by atoms with Crippen molar-refractivity contribution < 1.29 is 4.79 Å². The van der Waals surface area contributed by atoms with Gasteiger partial charge in [0, 0.05) is 23.9 Å². The van der Waals surface area contributed by atoms with E-state index in [9.17, 15) is 4.79 Å². The van der Waals surface area contributed by atoms with E-state index in [0.717, 1.165) is 17.8 Å². The standard InChI is InChI=1S/C16H16N2O/c19-16(18-11-12-8-9-12)14-6-2-1-5-13(14)15-7-3-4-10-17-15/h1-7,10,12H,8-9,11H2,(H,18,19). The lowest BCUT2D eigenvalue weighted by Gasteiger charge is -2.09. The van der Waals surface area contributed by atoms with Crippen molar-refractivity contribution in [3.05, 3.63) is 54.2 Å². The van der Waals surface area contributed by atoms with E-state index < -0.39 is 0 Å². The van der Waals surface area contributed by atoms with Crippen LogP contribution >= 0.6 is 0 Å². The van der Waals surface area contributed by atoms with Crippen LogP contribution in [0, 0.1) is 5.92 Å². The maximum absolute atomic E-state index is 12.2. The molecule has 1 aromatic carbocycles. The minimum atomic E-state index is -0.00634. The Morgan fingerprint density at radius 1 is 1.16 bits per heavy atom. The second-order valence-corrected chi connectivity index (χ2v) is 4.91. The summed E-state index contributed by atoms with van der Waals surface area (Å²) in [5.74, 6) is 0.680. The van der Waals surface area contributed by atoms with Crippen LogP contribution in [0.4, 0.5) is 0 Å². The van der Waals surface area contributed by atoms with Crippen LogP contribution in [0.15, 0.2) is 48.7 Å². The van der Waals surface area contributed by atoms with E-state index in [-0.39, 0.29) is 5.91 Å². The Labute approximate surface area is 112 Å². The van der Waals surface area contributed by atoms with Crippen molar-refractivity contribution in [2.24, 2.45) is 5.92 Å². The quantitative estimate of drug-likeness (QED) is 0.909. The minimum absolute atomic E-state index is 0.00634. The molecule has 3 heteroatoms. The third-order valence-corrected chi connectivity index (χ3v) is 3.36. The van der Waals surface area contributed by atoms with E-state index in [1.54, 1.807) is 6.20 Å². The fraction of sp³-hybridized carbons (Fsp3) is 0.250. The van der Waals surface area contributed by atoms with Crippen LogP contribution in [0.25, 0.3) is 11.3 Å². The van der Waals surface area contributed by atoms with Gasteiger partial charge in [-0.25, -0.2) is 0 Å². The molecule has 1 aliphatic rings. The number of benzene rings is 1. The number of carbonyl (C=O) groups excluding carboxylic acids is 1. The first-order valence-corrected chi connectivity index (χ1v) is 6.63. The zero-order chi connectivity index (χ0) is 13.1. The summed E-state index contributed by atoms with van der Waals surface area (Å²) in [4.78, 5) is 16.6. The molecule has 0 radical (unpaired) electrons. The van der Waals surface area contributed by atoms with Gasteiger partial charge in [-0.3, -0.25) is 9.78 Å². The highest BCUT2D eigenvalue weighted by molar-refractivity contribution is 6.00. The first-order chi connectivity index (χ1) is 9.34. The third kappa shape index (κ3) is 2.81. The third-order valence-electron chi connectivity index (χ3n) is 3.36. The van der Waals surface area contributed by atoms with Crippen LogP contribution in [0.2, 0.25) is 0 Å². The fourth-order valence-corrected chi connectivity index (χ4v) is 2.08. The van der Waals surface area contributed by atoms with Gasteiger partial charge >= 0.3 is 0 Å². The molecule has 19 heavy (non-hydrogen) atoms. The van der Waals surface area contributed by atoms with Gasteiger partial charge in [0.05, 0.1) is 5.69 Å². The Bertz CT molecular complexity index is 576. The number of hydrogen-bond donors (Lipinski definition) is 1.